The first-order valence-corrected chi connectivity index (χ1v) is 12.0. The van der Waals surface area contributed by atoms with Gasteiger partial charge in [0.15, 0.2) is 0 Å². The lowest BCUT2D eigenvalue weighted by Gasteiger charge is -2.08. The molecule has 3 heteroatoms. The fraction of sp³-hybridized carbons (Fsp3) is 0. The van der Waals surface area contributed by atoms with Crippen LogP contribution in [-0.2, 0) is 0 Å². The maximum absolute atomic E-state index is 2.49. The molecule has 3 aromatic rings. The Kier molecular flexibility index (Phi) is 3.64. The molecule has 86 valence electrons. The summed E-state index contributed by atoms with van der Waals surface area (Å²) in [4.78, 5) is 1.73. The van der Waals surface area contributed by atoms with Crippen LogP contribution in [0.25, 0.3) is 4.80 Å². The highest BCUT2D eigenvalue weighted by molar-refractivity contribution is 7.19. The maximum Gasteiger partial charge on any atom is 0.0676 e. The Morgan fingerprint density at radius 2 is 1.17 bits per heavy atom. The predicted molar refractivity (Wildman–Crippen MR) is 82.9 cm³/mol. The lowest BCUT2D eigenvalue weighted by atomic mass is 10.6. The number of hydrogen-bond donors (Lipinski definition) is 0. The fourth-order valence-electron chi connectivity index (χ4n) is 2.22. The van der Waals surface area contributed by atoms with Gasteiger partial charge in [0.05, 0.1) is 24.2 Å². The minimum absolute atomic E-state index is 0.463. The number of hydrogen-bond acceptors (Lipinski definition) is 0. The van der Waals surface area contributed by atoms with Gasteiger partial charge in [-0.2, -0.15) is 0 Å². The predicted octanol–water partition coefficient (Wildman–Crippen LogP) is 3.06. The summed E-state index contributed by atoms with van der Waals surface area (Å²) in [5.41, 5.74) is 12.2. The van der Waals surface area contributed by atoms with Gasteiger partial charge in [-0.3, -0.25) is 0 Å². The summed E-state index contributed by atoms with van der Waals surface area (Å²) in [6.45, 7) is 0. The van der Waals surface area contributed by atoms with Crippen molar-refractivity contribution in [2.45, 2.75) is 0 Å². The van der Waals surface area contributed by atoms with Gasteiger partial charge in [0, 0.05) is 0 Å². The average Bonchev–Trinajstić information content (AvgIpc) is 2.49. The van der Waals surface area contributed by atoms with Gasteiger partial charge in [0.2, 0.25) is 0 Å². The minimum Gasteiger partial charge on any atom is -0.0772 e. The molecular weight excluding hydrogens is 264 g/mol. The molecule has 0 bridgehead atoms. The molecule has 0 unspecified atom stereocenters. The van der Waals surface area contributed by atoms with E-state index >= 15 is 0 Å². The summed E-state index contributed by atoms with van der Waals surface area (Å²) >= 11 is 0. The summed E-state index contributed by atoms with van der Waals surface area (Å²) in [6.07, 6.45) is 0. The highest BCUT2D eigenvalue weighted by atomic mass is 29.2. The van der Waals surface area contributed by atoms with Crippen LogP contribution in [0, 0.1) is 0 Å². The summed E-state index contributed by atoms with van der Waals surface area (Å²) in [6, 6.07) is 20.0. The molecule has 0 nitrogen and oxygen atoms in total. The Labute approximate surface area is 112 Å². The molecule has 3 heterocycles. The molecular formula is C15H14Si3. The van der Waals surface area contributed by atoms with E-state index in [9.17, 15) is 0 Å². The van der Waals surface area contributed by atoms with Crippen LogP contribution >= 0.6 is 0 Å². The molecule has 0 atom stereocenters. The Morgan fingerprint density at radius 3 is 1.89 bits per heavy atom. The SMILES string of the molecule is c1cc[si](-c2cccc[si]2-[si]2ccccc2)cc1. The molecule has 18 heavy (non-hydrogen) atoms. The second-order valence-electron chi connectivity index (χ2n) is 4.28. The molecule has 0 aliphatic heterocycles. The molecule has 0 radical (unpaired) electrons. The lowest BCUT2D eigenvalue weighted by molar-refractivity contribution is 1.82. The van der Waals surface area contributed by atoms with Crippen LogP contribution in [0.3, 0.4) is 0 Å². The highest BCUT2D eigenvalue weighted by Crippen LogP contribution is 2.06. The van der Waals surface area contributed by atoms with Crippen molar-refractivity contribution in [3.8, 4) is 4.80 Å². The second-order valence-corrected chi connectivity index (χ2v) is 13.5. The van der Waals surface area contributed by atoms with Crippen molar-refractivity contribution in [2.75, 3.05) is 0 Å². The third kappa shape index (κ3) is 2.43. The smallest absolute Gasteiger partial charge is 0.0676 e. The summed E-state index contributed by atoms with van der Waals surface area (Å²) in [5, 5.41) is 0. The first kappa shape index (κ1) is 11.8. The zero-order valence-electron chi connectivity index (χ0n) is 10.1. The van der Waals surface area contributed by atoms with E-state index in [0.717, 1.165) is 0 Å². The van der Waals surface area contributed by atoms with Crippen molar-refractivity contribution < 1.29 is 0 Å². The molecule has 0 saturated heterocycles. The van der Waals surface area contributed by atoms with Crippen LogP contribution in [0.5, 0.6) is 0 Å². The lowest BCUT2D eigenvalue weighted by Crippen LogP contribution is -2.18. The Bertz CT molecular complexity index is 578. The normalized spacial score (nSPS) is 10.2. The molecule has 0 aliphatic carbocycles. The quantitative estimate of drug-likeness (QED) is 0.632. The topological polar surface area (TPSA) is 0 Å². The van der Waals surface area contributed by atoms with Crippen LogP contribution in [0.15, 0.2) is 83.0 Å². The van der Waals surface area contributed by atoms with E-state index in [-0.39, 0.29) is 0 Å². The van der Waals surface area contributed by atoms with Crippen molar-refractivity contribution in [1.82, 2.24) is 0 Å². The van der Waals surface area contributed by atoms with Crippen LogP contribution in [0.4, 0.5) is 0 Å². The van der Waals surface area contributed by atoms with E-state index in [1.54, 1.807) is 4.80 Å². The zero-order chi connectivity index (χ0) is 12.2. The minimum atomic E-state index is -0.566. The molecule has 3 aromatic heterocycles. The van der Waals surface area contributed by atoms with Crippen molar-refractivity contribution in [2.24, 2.45) is 0 Å². The Balaban J connectivity index is 2.18. The van der Waals surface area contributed by atoms with Crippen molar-refractivity contribution in [1.29, 1.82) is 0 Å². The van der Waals surface area contributed by atoms with E-state index in [4.69, 9.17) is 0 Å². The van der Waals surface area contributed by atoms with Gasteiger partial charge in [-0.25, -0.2) is 0 Å². The molecule has 0 aromatic carbocycles. The van der Waals surface area contributed by atoms with Gasteiger partial charge in [-0.15, -0.1) is 0 Å². The van der Waals surface area contributed by atoms with E-state index in [1.807, 2.05) is 0 Å². The summed E-state index contributed by atoms with van der Waals surface area (Å²) in [7, 11) is -1.53. The Hall–Kier alpha value is -1.30. The fourth-order valence-corrected chi connectivity index (χ4v) is 14.3. The van der Waals surface area contributed by atoms with Crippen LogP contribution in [0.1, 0.15) is 0 Å². The molecule has 0 amide bonds. The van der Waals surface area contributed by atoms with Gasteiger partial charge >= 0.3 is 0 Å². The summed E-state index contributed by atoms with van der Waals surface area (Å²) < 4.78 is 0. The van der Waals surface area contributed by atoms with Crippen LogP contribution in [-0.4, -0.2) is 24.2 Å². The molecule has 0 aliphatic rings. The first-order valence-electron chi connectivity index (χ1n) is 6.15. The van der Waals surface area contributed by atoms with Gasteiger partial charge in [-0.05, 0) is 0 Å². The van der Waals surface area contributed by atoms with Crippen LogP contribution in [0.2, 0.25) is 0 Å². The van der Waals surface area contributed by atoms with Crippen LogP contribution < -0.4 is 0 Å². The molecule has 3 rings (SSSR count). The molecule has 0 N–H and O–H groups in total. The maximum atomic E-state index is 2.49. The van der Waals surface area contributed by atoms with E-state index in [2.05, 4.69) is 83.0 Å². The van der Waals surface area contributed by atoms with Gasteiger partial charge < -0.3 is 0 Å². The van der Waals surface area contributed by atoms with Gasteiger partial charge in [0.25, 0.3) is 0 Å². The monoisotopic (exact) mass is 278 g/mol. The standard InChI is InChI=1S/C15H14Si3/c1-4-10-16(11-5-1)15-9-3-8-14-18(15)17-12-6-2-7-13-17/h1-14H. The van der Waals surface area contributed by atoms with E-state index in [0.29, 0.717) is 0 Å². The van der Waals surface area contributed by atoms with Gasteiger partial charge in [0.1, 0.15) is 0 Å². The largest absolute Gasteiger partial charge is 0.0772 e. The summed E-state index contributed by atoms with van der Waals surface area (Å²) in [5.74, 6) is 0. The highest BCUT2D eigenvalue weighted by Gasteiger charge is 2.07. The molecule has 0 saturated carbocycles. The molecule has 0 fully saturated rings. The number of rotatable bonds is 2. The third-order valence-corrected chi connectivity index (χ3v) is 14.6. The van der Waals surface area contributed by atoms with Gasteiger partial charge in [-0.1, -0.05) is 87.8 Å². The Morgan fingerprint density at radius 1 is 0.556 bits per heavy atom. The average molecular weight is 279 g/mol. The van der Waals surface area contributed by atoms with E-state index < -0.39 is 24.2 Å². The third-order valence-electron chi connectivity index (χ3n) is 3.10. The second kappa shape index (κ2) is 5.56. The van der Waals surface area contributed by atoms with Crippen molar-refractivity contribution in [3.63, 3.8) is 0 Å². The van der Waals surface area contributed by atoms with Crippen molar-refractivity contribution in [3.05, 3.63) is 83.0 Å². The van der Waals surface area contributed by atoms with Crippen molar-refractivity contribution >= 4 is 24.2 Å². The zero-order valence-corrected chi connectivity index (χ0v) is 13.1. The first-order chi connectivity index (χ1) is 8.95. The molecule has 0 spiro atoms. The van der Waals surface area contributed by atoms with E-state index in [1.165, 1.54) is 0 Å².